The molecule has 2 bridgehead atoms. The highest BCUT2D eigenvalue weighted by Crippen LogP contribution is 2.17. The number of carbonyl (C=O) groups excluding carboxylic acids is 1. The van der Waals surface area contributed by atoms with Crippen LogP contribution in [0.3, 0.4) is 0 Å². The van der Waals surface area contributed by atoms with Crippen molar-refractivity contribution in [3.63, 3.8) is 0 Å². The van der Waals surface area contributed by atoms with Crippen LogP contribution in [-0.4, -0.2) is 98.6 Å². The normalized spacial score (nSPS) is 30.2. The lowest BCUT2D eigenvalue weighted by atomic mass is 9.96. The monoisotopic (exact) mass is 350 g/mol. The van der Waals surface area contributed by atoms with Crippen LogP contribution < -0.4 is 10.6 Å². The summed E-state index contributed by atoms with van der Waals surface area (Å²) in [4.78, 5) is 23.2. The molecule has 0 aromatic carbocycles. The summed E-state index contributed by atoms with van der Waals surface area (Å²) >= 11 is 0. The molecule has 142 valence electrons. The molecule has 3 saturated heterocycles. The van der Waals surface area contributed by atoms with Gasteiger partial charge in [0, 0.05) is 65.4 Å². The molecular formula is C18H34N6O. The third kappa shape index (κ3) is 5.31. The van der Waals surface area contributed by atoms with E-state index in [0.29, 0.717) is 12.1 Å². The maximum atomic E-state index is 11.9. The predicted molar refractivity (Wildman–Crippen MR) is 101 cm³/mol. The molecule has 25 heavy (non-hydrogen) atoms. The topological polar surface area (TPSA) is 63.2 Å². The Morgan fingerprint density at radius 1 is 1.12 bits per heavy atom. The highest BCUT2D eigenvalue weighted by atomic mass is 16.2. The minimum absolute atomic E-state index is 0.0383. The molecule has 1 amide bonds. The second-order valence-corrected chi connectivity index (χ2v) is 7.80. The SMILES string of the molecule is CN(C)C(=O)CN=C(NCC1CN2CCN1CC2)NC1CCCCC1. The molecule has 2 N–H and O–H groups in total. The van der Waals surface area contributed by atoms with Crippen LogP contribution in [0.15, 0.2) is 4.99 Å². The van der Waals surface area contributed by atoms with E-state index in [0.717, 1.165) is 19.0 Å². The van der Waals surface area contributed by atoms with Gasteiger partial charge in [0.05, 0.1) is 0 Å². The van der Waals surface area contributed by atoms with Gasteiger partial charge in [-0.2, -0.15) is 0 Å². The largest absolute Gasteiger partial charge is 0.355 e. The van der Waals surface area contributed by atoms with Crippen molar-refractivity contribution in [2.24, 2.45) is 4.99 Å². The van der Waals surface area contributed by atoms with Gasteiger partial charge in [-0.25, -0.2) is 4.99 Å². The first-order valence-electron chi connectivity index (χ1n) is 9.83. The molecule has 7 nitrogen and oxygen atoms in total. The van der Waals surface area contributed by atoms with Crippen molar-refractivity contribution in [2.45, 2.75) is 44.2 Å². The van der Waals surface area contributed by atoms with Crippen LogP contribution in [-0.2, 0) is 4.79 Å². The van der Waals surface area contributed by atoms with E-state index in [1.807, 2.05) is 0 Å². The van der Waals surface area contributed by atoms with Crippen LogP contribution in [0.1, 0.15) is 32.1 Å². The van der Waals surface area contributed by atoms with Gasteiger partial charge in [0.15, 0.2) is 5.96 Å². The van der Waals surface area contributed by atoms with E-state index in [-0.39, 0.29) is 12.5 Å². The highest BCUT2D eigenvalue weighted by Gasteiger charge is 2.31. The Labute approximate surface area is 151 Å². The quantitative estimate of drug-likeness (QED) is 0.537. The summed E-state index contributed by atoms with van der Waals surface area (Å²) in [5.74, 6) is 0.844. The van der Waals surface area contributed by atoms with Crippen LogP contribution in [0.25, 0.3) is 0 Å². The molecule has 0 aromatic heterocycles. The minimum atomic E-state index is 0.0383. The lowest BCUT2D eigenvalue weighted by Crippen LogP contribution is -2.64. The Balaban J connectivity index is 1.55. The zero-order chi connectivity index (χ0) is 17.6. The fraction of sp³-hybridized carbons (Fsp3) is 0.889. The molecule has 1 aliphatic carbocycles. The lowest BCUT2D eigenvalue weighted by molar-refractivity contribution is -0.127. The highest BCUT2D eigenvalue weighted by molar-refractivity contribution is 5.85. The summed E-state index contributed by atoms with van der Waals surface area (Å²) in [7, 11) is 3.56. The molecule has 3 heterocycles. The molecule has 0 aromatic rings. The average molecular weight is 351 g/mol. The van der Waals surface area contributed by atoms with E-state index in [1.165, 1.54) is 58.3 Å². The number of nitrogens with one attached hydrogen (secondary N) is 2. The van der Waals surface area contributed by atoms with Gasteiger partial charge in [0.1, 0.15) is 6.54 Å². The number of nitrogens with zero attached hydrogens (tertiary/aromatic N) is 4. The fourth-order valence-electron chi connectivity index (χ4n) is 4.01. The van der Waals surface area contributed by atoms with E-state index in [1.54, 1.807) is 19.0 Å². The standard InChI is InChI=1S/C18H34N6O/c1-22(2)17(25)13-20-18(21-15-6-4-3-5-7-15)19-12-16-14-23-8-10-24(16)11-9-23/h15-16H,3-14H2,1-2H3,(H2,19,20,21). The Morgan fingerprint density at radius 2 is 1.84 bits per heavy atom. The number of hydrogen-bond acceptors (Lipinski definition) is 4. The lowest BCUT2D eigenvalue weighted by Gasteiger charge is -2.47. The van der Waals surface area contributed by atoms with Crippen molar-refractivity contribution in [3.05, 3.63) is 0 Å². The number of rotatable bonds is 5. The first-order valence-corrected chi connectivity index (χ1v) is 9.83. The van der Waals surface area contributed by atoms with Crippen LogP contribution >= 0.6 is 0 Å². The molecule has 4 fully saturated rings. The summed E-state index contributed by atoms with van der Waals surface area (Å²) in [6, 6.07) is 1.03. The predicted octanol–water partition coefficient (Wildman–Crippen LogP) is -0.0577. The van der Waals surface area contributed by atoms with Gasteiger partial charge >= 0.3 is 0 Å². The van der Waals surface area contributed by atoms with Crippen molar-refractivity contribution < 1.29 is 4.79 Å². The van der Waals surface area contributed by atoms with Crippen molar-refractivity contribution in [1.82, 2.24) is 25.3 Å². The number of likely N-dealkylation sites (N-methyl/N-ethyl adjacent to an activating group) is 1. The second kappa shape index (κ2) is 8.85. The van der Waals surface area contributed by atoms with Gasteiger partial charge in [-0.1, -0.05) is 19.3 Å². The molecule has 4 rings (SSSR count). The Hall–Kier alpha value is -1.34. The molecular weight excluding hydrogens is 316 g/mol. The maximum Gasteiger partial charge on any atom is 0.243 e. The summed E-state index contributed by atoms with van der Waals surface area (Å²) < 4.78 is 0. The molecule has 1 saturated carbocycles. The van der Waals surface area contributed by atoms with E-state index in [4.69, 9.17) is 0 Å². The molecule has 4 aliphatic rings. The van der Waals surface area contributed by atoms with Crippen LogP contribution in [0.2, 0.25) is 0 Å². The fourth-order valence-corrected chi connectivity index (χ4v) is 4.01. The van der Waals surface area contributed by atoms with Crippen molar-refractivity contribution in [1.29, 1.82) is 0 Å². The molecule has 1 atom stereocenters. The van der Waals surface area contributed by atoms with Crippen LogP contribution in [0, 0.1) is 0 Å². The summed E-state index contributed by atoms with van der Waals surface area (Å²) in [6.45, 7) is 6.99. The van der Waals surface area contributed by atoms with Gasteiger partial charge in [0.25, 0.3) is 0 Å². The van der Waals surface area contributed by atoms with Crippen molar-refractivity contribution >= 4 is 11.9 Å². The third-order valence-corrected chi connectivity index (χ3v) is 5.71. The third-order valence-electron chi connectivity index (χ3n) is 5.71. The van der Waals surface area contributed by atoms with Crippen molar-refractivity contribution in [3.8, 4) is 0 Å². The van der Waals surface area contributed by atoms with Gasteiger partial charge in [-0.05, 0) is 12.8 Å². The van der Waals surface area contributed by atoms with Crippen LogP contribution in [0.4, 0.5) is 0 Å². The average Bonchev–Trinajstić information content (AvgIpc) is 2.65. The summed E-state index contributed by atoms with van der Waals surface area (Å²) in [5, 5.41) is 7.09. The Bertz CT molecular complexity index is 466. The Morgan fingerprint density at radius 3 is 2.44 bits per heavy atom. The van der Waals surface area contributed by atoms with E-state index in [2.05, 4.69) is 25.4 Å². The molecule has 1 unspecified atom stereocenters. The maximum absolute atomic E-state index is 11.9. The number of amides is 1. The molecule has 0 radical (unpaired) electrons. The number of hydrogen-bond donors (Lipinski definition) is 2. The number of aliphatic imine (C=N–C) groups is 1. The first-order chi connectivity index (χ1) is 12.1. The van der Waals surface area contributed by atoms with E-state index >= 15 is 0 Å². The number of carbonyl (C=O) groups is 1. The van der Waals surface area contributed by atoms with Gasteiger partial charge in [0.2, 0.25) is 5.91 Å². The number of guanidine groups is 1. The molecule has 7 heteroatoms. The van der Waals surface area contributed by atoms with E-state index in [9.17, 15) is 4.79 Å². The summed E-state index contributed by atoms with van der Waals surface area (Å²) in [6.07, 6.45) is 6.31. The van der Waals surface area contributed by atoms with Gasteiger partial charge in [-0.3, -0.25) is 14.6 Å². The second-order valence-electron chi connectivity index (χ2n) is 7.80. The van der Waals surface area contributed by atoms with Crippen LogP contribution in [0.5, 0.6) is 0 Å². The van der Waals surface area contributed by atoms with E-state index < -0.39 is 0 Å². The van der Waals surface area contributed by atoms with Crippen molar-refractivity contribution in [2.75, 3.05) is 59.9 Å². The molecule has 0 spiro atoms. The first kappa shape index (κ1) is 18.5. The zero-order valence-electron chi connectivity index (χ0n) is 15.8. The molecule has 3 aliphatic heterocycles. The smallest absolute Gasteiger partial charge is 0.243 e. The Kier molecular flexibility index (Phi) is 6.53. The minimum Gasteiger partial charge on any atom is -0.355 e. The van der Waals surface area contributed by atoms with Gasteiger partial charge in [-0.15, -0.1) is 0 Å². The zero-order valence-corrected chi connectivity index (χ0v) is 15.8. The number of piperazine rings is 3. The summed E-state index contributed by atoms with van der Waals surface area (Å²) in [5.41, 5.74) is 0. The van der Waals surface area contributed by atoms with Gasteiger partial charge < -0.3 is 15.5 Å². The number of fused-ring (bicyclic) bond motifs is 3.